The van der Waals surface area contributed by atoms with Crippen molar-refractivity contribution in [2.75, 3.05) is 13.1 Å². The molecular weight excluding hydrogens is 730 g/mol. The van der Waals surface area contributed by atoms with Gasteiger partial charge in [-0.3, -0.25) is 19.3 Å². The molecule has 56 heavy (non-hydrogen) atoms. The number of hydrogen-bond acceptors (Lipinski definition) is 15. The molecule has 0 amide bonds. The lowest BCUT2D eigenvalue weighted by atomic mass is 9.49. The Bertz CT molecular complexity index is 1620. The van der Waals surface area contributed by atoms with Gasteiger partial charge in [0.1, 0.15) is 17.8 Å². The minimum absolute atomic E-state index is 0.0258. The number of ether oxygens (including phenoxy) is 5. The Labute approximate surface area is 328 Å². The molecule has 7 fully saturated rings. The first-order valence-electron chi connectivity index (χ1n) is 20.7. The molecule has 7 aliphatic rings. The van der Waals surface area contributed by atoms with E-state index in [1.165, 1.54) is 13.8 Å². The predicted octanol–water partition coefficient (Wildman–Crippen LogP) is 1.61. The highest BCUT2D eigenvalue weighted by Crippen LogP contribution is 2.77. The molecule has 19 atom stereocenters. The van der Waals surface area contributed by atoms with Gasteiger partial charge in [-0.2, -0.15) is 0 Å². The Kier molecular flexibility index (Phi) is 10.1. The quantitative estimate of drug-likeness (QED) is 0.174. The summed E-state index contributed by atoms with van der Waals surface area (Å²) in [6.45, 7) is 15.4. The van der Waals surface area contributed by atoms with E-state index >= 15 is 0 Å². The second kappa shape index (κ2) is 13.6. The number of nitrogens with zero attached hydrogens (tertiary/aromatic N) is 1. The van der Waals surface area contributed by atoms with Crippen molar-refractivity contribution in [2.24, 2.45) is 46.8 Å². The summed E-state index contributed by atoms with van der Waals surface area (Å²) in [6, 6.07) is -0.275. The summed E-state index contributed by atoms with van der Waals surface area (Å²) >= 11 is 0. The fourth-order valence-corrected chi connectivity index (χ4v) is 13.1. The minimum atomic E-state index is -2.28. The number of rotatable bonds is 8. The zero-order valence-electron chi connectivity index (χ0n) is 34.2. The van der Waals surface area contributed by atoms with Crippen LogP contribution in [0, 0.1) is 46.8 Å². The Morgan fingerprint density at radius 2 is 1.66 bits per heavy atom. The van der Waals surface area contributed by atoms with E-state index in [0.717, 1.165) is 20.3 Å². The van der Waals surface area contributed by atoms with Crippen molar-refractivity contribution < 1.29 is 68.4 Å². The molecule has 0 aromatic carbocycles. The molecule has 0 unspecified atom stereocenters. The van der Waals surface area contributed by atoms with Gasteiger partial charge in [-0.15, -0.1) is 0 Å². The number of fused-ring (bicyclic) bond motifs is 5. The van der Waals surface area contributed by atoms with E-state index in [1.807, 2.05) is 13.8 Å². The Morgan fingerprint density at radius 3 is 2.29 bits per heavy atom. The molecule has 4 saturated carbocycles. The molecule has 7 rings (SSSR count). The average molecular weight is 794 g/mol. The third-order valence-electron chi connectivity index (χ3n) is 16.1. The topological polar surface area (TPSA) is 219 Å². The van der Waals surface area contributed by atoms with Gasteiger partial charge in [-0.25, -0.2) is 4.79 Å². The van der Waals surface area contributed by atoms with Crippen LogP contribution < -0.4 is 0 Å². The van der Waals surface area contributed by atoms with Crippen LogP contribution in [0.3, 0.4) is 0 Å². The van der Waals surface area contributed by atoms with Crippen LogP contribution in [0.25, 0.3) is 0 Å². The maximum atomic E-state index is 13.7. The maximum Gasteiger partial charge on any atom is 0.342 e. The fourth-order valence-electron chi connectivity index (χ4n) is 13.1. The molecule has 3 saturated heterocycles. The van der Waals surface area contributed by atoms with Gasteiger partial charge >= 0.3 is 23.9 Å². The van der Waals surface area contributed by atoms with Crippen LogP contribution >= 0.6 is 0 Å². The number of esters is 4. The monoisotopic (exact) mass is 793 g/mol. The molecule has 1 spiro atoms. The molecule has 4 bridgehead atoms. The number of aliphatic hydroxyl groups excluding tert-OH is 1. The third-order valence-corrected chi connectivity index (χ3v) is 16.1. The van der Waals surface area contributed by atoms with E-state index in [-0.39, 0.29) is 25.3 Å². The first kappa shape index (κ1) is 41.7. The van der Waals surface area contributed by atoms with E-state index in [0.29, 0.717) is 38.3 Å². The highest BCUT2D eigenvalue weighted by Gasteiger charge is 2.88. The van der Waals surface area contributed by atoms with Crippen molar-refractivity contribution in [3.8, 4) is 0 Å². The number of carbonyl (C=O) groups excluding carboxylic acids is 4. The molecule has 0 radical (unpaired) electrons. The molecular formula is C41H63NO14. The van der Waals surface area contributed by atoms with Crippen LogP contribution in [0.2, 0.25) is 0 Å². The molecule has 15 heteroatoms. The van der Waals surface area contributed by atoms with Gasteiger partial charge in [-0.05, 0) is 83.5 Å². The van der Waals surface area contributed by atoms with Crippen LogP contribution in [-0.4, -0.2) is 132 Å². The van der Waals surface area contributed by atoms with Gasteiger partial charge in [0.05, 0.1) is 29.1 Å². The van der Waals surface area contributed by atoms with Crippen molar-refractivity contribution in [1.29, 1.82) is 0 Å². The Hall–Kier alpha value is -2.40. The number of carbonyl (C=O) groups is 4. The van der Waals surface area contributed by atoms with Crippen LogP contribution in [0.1, 0.15) is 107 Å². The van der Waals surface area contributed by atoms with Crippen molar-refractivity contribution in [1.82, 2.24) is 4.90 Å². The van der Waals surface area contributed by atoms with Crippen LogP contribution in [0.15, 0.2) is 0 Å². The molecule has 3 heterocycles. The normalized spacial score (nSPS) is 49.8. The molecule has 3 aliphatic heterocycles. The lowest BCUT2D eigenvalue weighted by molar-refractivity contribution is -0.301. The molecule has 0 aromatic rings. The molecule has 0 aromatic heterocycles. The second-order valence-corrected chi connectivity index (χ2v) is 19.3. The first-order chi connectivity index (χ1) is 25.9. The largest absolute Gasteiger partial charge is 0.462 e. The zero-order chi connectivity index (χ0) is 41.3. The highest BCUT2D eigenvalue weighted by atomic mass is 16.7. The summed E-state index contributed by atoms with van der Waals surface area (Å²) in [6.07, 6.45) is -4.21. The summed E-state index contributed by atoms with van der Waals surface area (Å²) in [7, 11) is 0. The van der Waals surface area contributed by atoms with E-state index in [2.05, 4.69) is 11.8 Å². The molecule has 5 N–H and O–H groups in total. The first-order valence-corrected chi connectivity index (χ1v) is 20.7. The summed E-state index contributed by atoms with van der Waals surface area (Å²) in [4.78, 5) is 54.2. The number of hydrogen-bond donors (Lipinski definition) is 5. The van der Waals surface area contributed by atoms with Crippen LogP contribution in [0.5, 0.6) is 0 Å². The molecule has 4 aliphatic carbocycles. The standard InChI is InChI=1S/C41H63NO14/c1-10-20(3)34(46)55-33-31(45)30-24(18-42-17-19(2)11-12-28(42)38(30,9)49)25-16-39-32(40(25,33)50)26(53-23(6)44)15-27-36(39,7)14-13-29(41(27,51)56-39)54-35(47)37(8,48)21(4)52-22(5)43/h19-21,24-33,45,48-51H,10-18H2,1-9H3/t19-,20-,21+,24+,25-,26+,27-,28-,29+,30+,31+,32-,33-,36+,37+,38+,39+,40-,41-/m0/s1. The van der Waals surface area contributed by atoms with Gasteiger partial charge in [0.15, 0.2) is 17.8 Å². The van der Waals surface area contributed by atoms with Crippen molar-refractivity contribution >= 4 is 23.9 Å². The van der Waals surface area contributed by atoms with E-state index < -0.39 is 124 Å². The number of aliphatic hydroxyl groups is 5. The Balaban J connectivity index is 1.35. The van der Waals surface area contributed by atoms with Gasteiger partial charge in [0, 0.05) is 50.2 Å². The fraction of sp³-hybridized carbons (Fsp3) is 0.902. The second-order valence-electron chi connectivity index (χ2n) is 19.3. The van der Waals surface area contributed by atoms with Crippen LogP contribution in [0.4, 0.5) is 0 Å². The SMILES string of the molecule is CC[C@H](C)C(=O)O[C@H]1[C@H](O)[C@H]2[C@H](CN3C[C@@H](C)CC[C@H]3[C@@]2(C)O)[C@@H]2C[C@@]34O[C@@]5(O)[C@@H](C[C@@H](OC(C)=O)[C@@H]3[C@@]21O)[C@@]4(C)CC[C@H]5OC(=O)[C@](C)(O)[C@@H](C)OC(C)=O. The predicted molar refractivity (Wildman–Crippen MR) is 195 cm³/mol. The Morgan fingerprint density at radius 1 is 0.982 bits per heavy atom. The summed E-state index contributed by atoms with van der Waals surface area (Å²) < 4.78 is 30.3. The maximum absolute atomic E-state index is 13.7. The minimum Gasteiger partial charge on any atom is -0.462 e. The van der Waals surface area contributed by atoms with Gasteiger partial charge < -0.3 is 49.2 Å². The van der Waals surface area contributed by atoms with Crippen LogP contribution in [-0.2, 0) is 42.9 Å². The molecule has 316 valence electrons. The van der Waals surface area contributed by atoms with E-state index in [9.17, 15) is 44.7 Å². The average Bonchev–Trinajstić information content (AvgIpc) is 3.37. The lowest BCUT2D eigenvalue weighted by Crippen LogP contribution is -2.77. The lowest BCUT2D eigenvalue weighted by Gasteiger charge is -2.64. The number of piperidine rings is 2. The summed E-state index contributed by atoms with van der Waals surface area (Å²) in [5, 5.41) is 62.8. The zero-order valence-corrected chi connectivity index (χ0v) is 34.2. The van der Waals surface area contributed by atoms with E-state index in [4.69, 9.17) is 23.7 Å². The van der Waals surface area contributed by atoms with Crippen molar-refractivity contribution in [2.45, 2.75) is 172 Å². The highest BCUT2D eigenvalue weighted by molar-refractivity contribution is 5.80. The van der Waals surface area contributed by atoms with Crippen molar-refractivity contribution in [3.05, 3.63) is 0 Å². The summed E-state index contributed by atoms with van der Waals surface area (Å²) in [5.74, 6) is -9.57. The molecule has 15 nitrogen and oxygen atoms in total. The van der Waals surface area contributed by atoms with Gasteiger partial charge in [0.2, 0.25) is 5.79 Å². The smallest absolute Gasteiger partial charge is 0.342 e. The van der Waals surface area contributed by atoms with Gasteiger partial charge in [-0.1, -0.05) is 27.7 Å². The van der Waals surface area contributed by atoms with Crippen molar-refractivity contribution in [3.63, 3.8) is 0 Å². The third kappa shape index (κ3) is 5.67. The van der Waals surface area contributed by atoms with Gasteiger partial charge in [0.25, 0.3) is 0 Å². The van der Waals surface area contributed by atoms with E-state index in [1.54, 1.807) is 13.8 Å². The summed E-state index contributed by atoms with van der Waals surface area (Å²) in [5.41, 5.74) is -8.17.